The van der Waals surface area contributed by atoms with Gasteiger partial charge in [-0.2, -0.15) is 0 Å². The molecule has 0 atom stereocenters. The molecular weight excluding hydrogens is 300 g/mol. The first-order valence-corrected chi connectivity index (χ1v) is 7.98. The van der Waals surface area contributed by atoms with Gasteiger partial charge >= 0.3 is 0 Å². The zero-order valence-electron chi connectivity index (χ0n) is 11.0. The second-order valence-corrected chi connectivity index (χ2v) is 6.77. The van der Waals surface area contributed by atoms with Crippen molar-refractivity contribution < 1.29 is 13.2 Å². The standard InChI is InChI=1S/C13H15ClN2O3S/c1-9-2-4-16(5-3-9)13(17)10-6-11(14)8-12(7-10)20(15,18)19/h2,6-8H,3-5H2,1H3,(H2,15,18,19). The van der Waals surface area contributed by atoms with Crippen LogP contribution in [0.4, 0.5) is 0 Å². The van der Waals surface area contributed by atoms with Gasteiger partial charge in [-0.3, -0.25) is 4.79 Å². The topological polar surface area (TPSA) is 80.5 Å². The Kier molecular flexibility index (Phi) is 4.17. The molecule has 0 saturated carbocycles. The summed E-state index contributed by atoms with van der Waals surface area (Å²) in [6, 6.07) is 3.94. The minimum absolute atomic E-state index is 0.155. The second kappa shape index (κ2) is 5.55. The molecule has 1 amide bonds. The highest BCUT2D eigenvalue weighted by Crippen LogP contribution is 2.20. The number of sulfonamides is 1. The molecule has 1 heterocycles. The average Bonchev–Trinajstić information content (AvgIpc) is 2.37. The Labute approximate surface area is 123 Å². The van der Waals surface area contributed by atoms with E-state index in [9.17, 15) is 13.2 Å². The molecule has 5 nitrogen and oxygen atoms in total. The number of benzene rings is 1. The van der Waals surface area contributed by atoms with E-state index in [1.165, 1.54) is 23.8 Å². The molecule has 0 bridgehead atoms. The number of carbonyl (C=O) groups is 1. The lowest BCUT2D eigenvalue weighted by Crippen LogP contribution is -2.34. The Balaban J connectivity index is 2.33. The van der Waals surface area contributed by atoms with Gasteiger partial charge in [-0.1, -0.05) is 23.3 Å². The maximum Gasteiger partial charge on any atom is 0.254 e. The maximum atomic E-state index is 12.3. The zero-order chi connectivity index (χ0) is 14.9. The van der Waals surface area contributed by atoms with E-state index >= 15 is 0 Å². The summed E-state index contributed by atoms with van der Waals surface area (Å²) in [5, 5.41) is 5.24. The van der Waals surface area contributed by atoms with E-state index in [-0.39, 0.29) is 21.4 Å². The Morgan fingerprint density at radius 2 is 2.05 bits per heavy atom. The summed E-state index contributed by atoms with van der Waals surface area (Å²) < 4.78 is 22.7. The van der Waals surface area contributed by atoms with Crippen LogP contribution in [0.15, 0.2) is 34.7 Å². The molecule has 0 aliphatic carbocycles. The van der Waals surface area contributed by atoms with Gasteiger partial charge in [0.2, 0.25) is 10.0 Å². The molecule has 1 aromatic carbocycles. The summed E-state index contributed by atoms with van der Waals surface area (Å²) >= 11 is 5.86. The van der Waals surface area contributed by atoms with Crippen LogP contribution in [0.2, 0.25) is 5.02 Å². The summed E-state index contributed by atoms with van der Waals surface area (Å²) in [6.45, 7) is 3.14. The number of rotatable bonds is 2. The third-order valence-corrected chi connectivity index (χ3v) is 4.28. The van der Waals surface area contributed by atoms with E-state index in [1.54, 1.807) is 4.90 Å². The van der Waals surface area contributed by atoms with Gasteiger partial charge in [0.05, 0.1) is 4.90 Å². The SMILES string of the molecule is CC1=CCN(C(=O)c2cc(Cl)cc(S(N)(=O)=O)c2)CC1. The highest BCUT2D eigenvalue weighted by Gasteiger charge is 2.20. The zero-order valence-corrected chi connectivity index (χ0v) is 12.5. The monoisotopic (exact) mass is 314 g/mol. The first-order chi connectivity index (χ1) is 9.27. The highest BCUT2D eigenvalue weighted by atomic mass is 35.5. The van der Waals surface area contributed by atoms with Gasteiger partial charge in [0.1, 0.15) is 0 Å². The van der Waals surface area contributed by atoms with Gasteiger partial charge in [0.25, 0.3) is 5.91 Å². The van der Waals surface area contributed by atoms with Crippen molar-refractivity contribution in [3.05, 3.63) is 40.4 Å². The number of nitrogens with zero attached hydrogens (tertiary/aromatic N) is 1. The van der Waals surface area contributed by atoms with Crippen LogP contribution < -0.4 is 5.14 Å². The molecule has 1 aliphatic heterocycles. The molecule has 2 rings (SSSR count). The van der Waals surface area contributed by atoms with E-state index in [2.05, 4.69) is 0 Å². The highest BCUT2D eigenvalue weighted by molar-refractivity contribution is 7.89. The molecule has 108 valence electrons. The summed E-state index contributed by atoms with van der Waals surface area (Å²) in [5.41, 5.74) is 1.47. The van der Waals surface area contributed by atoms with Crippen molar-refractivity contribution in [2.75, 3.05) is 13.1 Å². The van der Waals surface area contributed by atoms with Crippen LogP contribution in [0.5, 0.6) is 0 Å². The van der Waals surface area contributed by atoms with Crippen LogP contribution in [-0.4, -0.2) is 32.3 Å². The van der Waals surface area contributed by atoms with Crippen molar-refractivity contribution in [1.29, 1.82) is 0 Å². The molecule has 20 heavy (non-hydrogen) atoms. The minimum Gasteiger partial charge on any atom is -0.335 e. The lowest BCUT2D eigenvalue weighted by atomic mass is 10.1. The minimum atomic E-state index is -3.89. The summed E-state index contributed by atoms with van der Waals surface area (Å²) in [4.78, 5) is 13.8. The van der Waals surface area contributed by atoms with Crippen LogP contribution in [-0.2, 0) is 10.0 Å². The van der Waals surface area contributed by atoms with Gasteiger partial charge in [-0.25, -0.2) is 13.6 Å². The predicted molar refractivity (Wildman–Crippen MR) is 77.1 cm³/mol. The summed E-state index contributed by atoms with van der Waals surface area (Å²) in [5.74, 6) is -0.249. The first kappa shape index (κ1) is 15.0. The molecule has 0 saturated heterocycles. The number of halogens is 1. The normalized spacial score (nSPS) is 15.9. The molecule has 0 unspecified atom stereocenters. The van der Waals surface area contributed by atoms with Crippen molar-refractivity contribution in [3.63, 3.8) is 0 Å². The van der Waals surface area contributed by atoms with Gasteiger partial charge in [0.15, 0.2) is 0 Å². The average molecular weight is 315 g/mol. The number of amides is 1. The van der Waals surface area contributed by atoms with E-state index < -0.39 is 10.0 Å². The quantitative estimate of drug-likeness (QED) is 0.845. The van der Waals surface area contributed by atoms with Gasteiger partial charge < -0.3 is 4.90 Å². The van der Waals surface area contributed by atoms with Gasteiger partial charge in [-0.15, -0.1) is 0 Å². The number of nitrogens with two attached hydrogens (primary N) is 1. The van der Waals surface area contributed by atoms with Gasteiger partial charge in [0, 0.05) is 23.7 Å². The van der Waals surface area contributed by atoms with Crippen molar-refractivity contribution >= 4 is 27.5 Å². The van der Waals surface area contributed by atoms with Crippen LogP contribution in [0.1, 0.15) is 23.7 Å². The maximum absolute atomic E-state index is 12.3. The van der Waals surface area contributed by atoms with Crippen LogP contribution in [0.25, 0.3) is 0 Å². The van der Waals surface area contributed by atoms with E-state index in [0.29, 0.717) is 13.1 Å². The number of hydrogen-bond acceptors (Lipinski definition) is 3. The van der Waals surface area contributed by atoms with Crippen molar-refractivity contribution in [1.82, 2.24) is 4.90 Å². The fraction of sp³-hybridized carbons (Fsp3) is 0.308. The largest absolute Gasteiger partial charge is 0.335 e. The Hall–Kier alpha value is -1.37. The third-order valence-electron chi connectivity index (χ3n) is 3.17. The van der Waals surface area contributed by atoms with Crippen molar-refractivity contribution in [3.8, 4) is 0 Å². The van der Waals surface area contributed by atoms with E-state index in [0.717, 1.165) is 6.42 Å². The molecule has 1 aromatic rings. The van der Waals surface area contributed by atoms with E-state index in [1.807, 2.05) is 13.0 Å². The lowest BCUT2D eigenvalue weighted by molar-refractivity contribution is 0.0769. The number of carbonyl (C=O) groups excluding carboxylic acids is 1. The van der Waals surface area contributed by atoms with Crippen LogP contribution in [0, 0.1) is 0 Å². The first-order valence-electron chi connectivity index (χ1n) is 6.05. The molecule has 0 aromatic heterocycles. The molecule has 2 N–H and O–H groups in total. The summed E-state index contributed by atoms with van der Waals surface area (Å²) in [6.07, 6.45) is 2.79. The number of primary sulfonamides is 1. The number of hydrogen-bond donors (Lipinski definition) is 1. The Morgan fingerprint density at radius 1 is 1.35 bits per heavy atom. The molecule has 1 aliphatic rings. The summed E-state index contributed by atoms with van der Waals surface area (Å²) in [7, 11) is -3.89. The fourth-order valence-electron chi connectivity index (χ4n) is 1.99. The molecule has 0 fully saturated rings. The van der Waals surface area contributed by atoms with Crippen molar-refractivity contribution in [2.45, 2.75) is 18.2 Å². The second-order valence-electron chi connectivity index (χ2n) is 4.77. The molecule has 0 radical (unpaired) electrons. The smallest absolute Gasteiger partial charge is 0.254 e. The van der Waals surface area contributed by atoms with E-state index in [4.69, 9.17) is 16.7 Å². The van der Waals surface area contributed by atoms with Crippen molar-refractivity contribution in [2.24, 2.45) is 5.14 Å². The Bertz CT molecular complexity index is 683. The molecule has 7 heteroatoms. The molecule has 0 spiro atoms. The predicted octanol–water partition coefficient (Wildman–Crippen LogP) is 1.78. The van der Waals surface area contributed by atoms with Crippen LogP contribution >= 0.6 is 11.6 Å². The lowest BCUT2D eigenvalue weighted by Gasteiger charge is -2.25. The Morgan fingerprint density at radius 3 is 2.60 bits per heavy atom. The van der Waals surface area contributed by atoms with Crippen LogP contribution in [0.3, 0.4) is 0 Å². The fourth-order valence-corrected chi connectivity index (χ4v) is 2.87. The molecular formula is C13H15ClN2O3S. The third kappa shape index (κ3) is 3.39. The van der Waals surface area contributed by atoms with Gasteiger partial charge in [-0.05, 0) is 31.5 Å².